The summed E-state index contributed by atoms with van der Waals surface area (Å²) < 4.78 is 12.4. The summed E-state index contributed by atoms with van der Waals surface area (Å²) in [6, 6.07) is 11.1. The van der Waals surface area contributed by atoms with Crippen LogP contribution in [0, 0.1) is 0 Å². The van der Waals surface area contributed by atoms with Gasteiger partial charge in [0.1, 0.15) is 17.2 Å². The van der Waals surface area contributed by atoms with Crippen molar-refractivity contribution in [2.24, 2.45) is 0 Å². The van der Waals surface area contributed by atoms with Gasteiger partial charge in [-0.05, 0) is 53.5 Å². The molecule has 0 aliphatic rings. The van der Waals surface area contributed by atoms with Gasteiger partial charge in [0.05, 0.1) is 23.2 Å². The van der Waals surface area contributed by atoms with E-state index in [2.05, 4.69) is 15.9 Å². The van der Waals surface area contributed by atoms with Crippen LogP contribution < -0.4 is 9.47 Å². The number of carbonyl (C=O) groups is 2. The maximum Gasteiger partial charge on any atom is 0.300 e. The quantitative estimate of drug-likeness (QED) is 0.387. The average Bonchev–Trinajstić information content (AvgIpc) is 2.64. The van der Waals surface area contributed by atoms with Gasteiger partial charge in [-0.1, -0.05) is 25.5 Å². The molecule has 0 saturated heterocycles. The molecular weight excluding hydrogens is 440 g/mol. The van der Waals surface area contributed by atoms with Crippen LogP contribution in [0.15, 0.2) is 40.9 Å². The maximum absolute atomic E-state index is 11.6. The summed E-state index contributed by atoms with van der Waals surface area (Å²) in [6.45, 7) is 5.56. The standard InChI is InChI=1S/C20H23BrO4.C2H4O2/c1-3-7-16-18(11-10-15(14(2)22)20(16)23)24-12-6-13-25-19-9-5-4-8-17(19)21;1-2(3)4/h4-5,8-11,23H,3,6-7,12-13H2,1-2H3;1H3,(H,3,4). The molecule has 2 aromatic rings. The number of carboxylic acids is 1. The Bertz CT molecular complexity index is 815. The molecule has 2 rings (SSSR count). The zero-order valence-corrected chi connectivity index (χ0v) is 18.5. The lowest BCUT2D eigenvalue weighted by molar-refractivity contribution is -0.134. The van der Waals surface area contributed by atoms with E-state index in [1.807, 2.05) is 31.2 Å². The molecule has 2 aromatic carbocycles. The molecule has 6 nitrogen and oxygen atoms in total. The number of aromatic hydroxyl groups is 1. The van der Waals surface area contributed by atoms with Gasteiger partial charge in [0.2, 0.25) is 0 Å². The lowest BCUT2D eigenvalue weighted by Crippen LogP contribution is -2.07. The predicted octanol–water partition coefficient (Wildman–Crippen LogP) is 5.25. The van der Waals surface area contributed by atoms with Gasteiger partial charge < -0.3 is 19.7 Å². The van der Waals surface area contributed by atoms with Crippen LogP contribution in [0.3, 0.4) is 0 Å². The molecule has 0 atom stereocenters. The van der Waals surface area contributed by atoms with E-state index in [0.29, 0.717) is 42.9 Å². The molecule has 7 heteroatoms. The molecule has 0 amide bonds. The first kappa shape index (κ1) is 24.5. The molecule has 29 heavy (non-hydrogen) atoms. The Morgan fingerprint density at radius 1 is 1.00 bits per heavy atom. The highest BCUT2D eigenvalue weighted by Gasteiger charge is 2.15. The normalized spacial score (nSPS) is 9.93. The van der Waals surface area contributed by atoms with E-state index >= 15 is 0 Å². The van der Waals surface area contributed by atoms with Crippen molar-refractivity contribution in [3.8, 4) is 17.2 Å². The minimum Gasteiger partial charge on any atom is -0.507 e. The molecular formula is C22H27BrO6. The predicted molar refractivity (Wildman–Crippen MR) is 115 cm³/mol. The first-order valence-electron chi connectivity index (χ1n) is 9.33. The monoisotopic (exact) mass is 466 g/mol. The van der Waals surface area contributed by atoms with Crippen molar-refractivity contribution in [2.45, 2.75) is 40.0 Å². The third-order valence-corrected chi connectivity index (χ3v) is 4.41. The van der Waals surface area contributed by atoms with Gasteiger partial charge in [0, 0.05) is 18.9 Å². The molecule has 0 fully saturated rings. The highest BCUT2D eigenvalue weighted by Crippen LogP contribution is 2.33. The number of phenolic OH excluding ortho intramolecular Hbond substituents is 1. The largest absolute Gasteiger partial charge is 0.507 e. The second-order valence-electron chi connectivity index (χ2n) is 6.24. The van der Waals surface area contributed by atoms with Gasteiger partial charge in [-0.15, -0.1) is 0 Å². The summed E-state index contributed by atoms with van der Waals surface area (Å²) in [5.74, 6) is 0.488. The molecule has 0 radical (unpaired) electrons. The van der Waals surface area contributed by atoms with Crippen molar-refractivity contribution >= 4 is 27.7 Å². The number of para-hydroxylation sites is 1. The van der Waals surface area contributed by atoms with Gasteiger partial charge in [0.25, 0.3) is 5.97 Å². The van der Waals surface area contributed by atoms with E-state index < -0.39 is 5.97 Å². The third kappa shape index (κ3) is 8.56. The lowest BCUT2D eigenvalue weighted by atomic mass is 10.0. The van der Waals surface area contributed by atoms with Crippen molar-refractivity contribution in [1.82, 2.24) is 0 Å². The number of benzene rings is 2. The maximum atomic E-state index is 11.6. The highest BCUT2D eigenvalue weighted by atomic mass is 79.9. The zero-order valence-electron chi connectivity index (χ0n) is 16.9. The van der Waals surface area contributed by atoms with Crippen LogP contribution in [0.5, 0.6) is 17.2 Å². The Morgan fingerprint density at radius 2 is 1.59 bits per heavy atom. The van der Waals surface area contributed by atoms with Gasteiger partial charge in [-0.2, -0.15) is 0 Å². The number of carbonyl (C=O) groups excluding carboxylic acids is 1. The van der Waals surface area contributed by atoms with Crippen molar-refractivity contribution in [1.29, 1.82) is 0 Å². The number of Topliss-reactive ketones (excluding diaryl/α,β-unsaturated/α-hetero) is 1. The summed E-state index contributed by atoms with van der Waals surface area (Å²) in [4.78, 5) is 20.6. The number of aliphatic carboxylic acids is 1. The SMILES string of the molecule is CC(=O)O.CCCc1c(OCCCOc2ccccc2Br)ccc(C(C)=O)c1O. The summed E-state index contributed by atoms with van der Waals surface area (Å²) in [7, 11) is 0. The van der Waals surface area contributed by atoms with Crippen LogP contribution >= 0.6 is 15.9 Å². The first-order valence-corrected chi connectivity index (χ1v) is 10.1. The van der Waals surface area contributed by atoms with Crippen LogP contribution in [0.25, 0.3) is 0 Å². The van der Waals surface area contributed by atoms with E-state index in [1.165, 1.54) is 6.92 Å². The third-order valence-electron chi connectivity index (χ3n) is 3.76. The molecule has 0 unspecified atom stereocenters. The molecule has 0 saturated carbocycles. The minimum absolute atomic E-state index is 0.0383. The Hall–Kier alpha value is -2.54. The van der Waals surface area contributed by atoms with Gasteiger partial charge >= 0.3 is 0 Å². The summed E-state index contributed by atoms with van der Waals surface area (Å²) >= 11 is 3.44. The van der Waals surface area contributed by atoms with Crippen LogP contribution in [-0.2, 0) is 11.2 Å². The van der Waals surface area contributed by atoms with E-state index in [4.69, 9.17) is 19.4 Å². The van der Waals surface area contributed by atoms with E-state index in [-0.39, 0.29) is 11.5 Å². The van der Waals surface area contributed by atoms with Crippen molar-refractivity contribution in [3.63, 3.8) is 0 Å². The molecule has 0 bridgehead atoms. The Balaban J connectivity index is 0.000000960. The minimum atomic E-state index is -0.833. The lowest BCUT2D eigenvalue weighted by Gasteiger charge is -2.15. The summed E-state index contributed by atoms with van der Waals surface area (Å²) in [5.41, 5.74) is 1.04. The van der Waals surface area contributed by atoms with Gasteiger partial charge in [-0.3, -0.25) is 9.59 Å². The van der Waals surface area contributed by atoms with E-state index in [9.17, 15) is 9.90 Å². The fourth-order valence-corrected chi connectivity index (χ4v) is 2.91. The fourth-order valence-electron chi connectivity index (χ4n) is 2.51. The zero-order chi connectivity index (χ0) is 21.8. The molecule has 0 aliphatic heterocycles. The Morgan fingerprint density at radius 3 is 2.14 bits per heavy atom. The number of carboxylic acid groups (broad SMARTS) is 1. The number of phenols is 1. The van der Waals surface area contributed by atoms with Crippen molar-refractivity contribution in [3.05, 3.63) is 52.0 Å². The molecule has 0 aliphatic carbocycles. The van der Waals surface area contributed by atoms with E-state index in [0.717, 1.165) is 23.6 Å². The number of ether oxygens (including phenoxy) is 2. The number of rotatable bonds is 9. The molecule has 0 aromatic heterocycles. The second-order valence-corrected chi connectivity index (χ2v) is 7.10. The topological polar surface area (TPSA) is 93.1 Å². The number of halogens is 1. The van der Waals surface area contributed by atoms with Crippen LogP contribution in [-0.4, -0.2) is 35.2 Å². The number of ketones is 1. The fraction of sp³-hybridized carbons (Fsp3) is 0.364. The van der Waals surface area contributed by atoms with Crippen LogP contribution in [0.2, 0.25) is 0 Å². The summed E-state index contributed by atoms with van der Waals surface area (Å²) in [5, 5.41) is 17.7. The Kier molecular flexibility index (Phi) is 10.8. The van der Waals surface area contributed by atoms with Gasteiger partial charge in [0.15, 0.2) is 5.78 Å². The van der Waals surface area contributed by atoms with Crippen molar-refractivity contribution < 1.29 is 29.3 Å². The molecule has 2 N–H and O–H groups in total. The van der Waals surface area contributed by atoms with E-state index in [1.54, 1.807) is 12.1 Å². The molecule has 0 heterocycles. The highest BCUT2D eigenvalue weighted by molar-refractivity contribution is 9.10. The second kappa shape index (κ2) is 12.8. The van der Waals surface area contributed by atoms with Crippen molar-refractivity contribution in [2.75, 3.05) is 13.2 Å². The number of hydrogen-bond donors (Lipinski definition) is 2. The molecule has 0 spiro atoms. The average molecular weight is 467 g/mol. The molecule has 158 valence electrons. The smallest absolute Gasteiger partial charge is 0.300 e. The van der Waals surface area contributed by atoms with Crippen LogP contribution in [0.4, 0.5) is 0 Å². The Labute approximate surface area is 179 Å². The first-order chi connectivity index (χ1) is 13.8. The van der Waals surface area contributed by atoms with Gasteiger partial charge in [-0.25, -0.2) is 0 Å². The number of hydrogen-bond acceptors (Lipinski definition) is 5. The van der Waals surface area contributed by atoms with Crippen LogP contribution in [0.1, 0.15) is 49.5 Å². The summed E-state index contributed by atoms with van der Waals surface area (Å²) in [6.07, 6.45) is 2.23.